The van der Waals surface area contributed by atoms with Crippen LogP contribution in [0, 0.1) is 0 Å². The van der Waals surface area contributed by atoms with Crippen LogP contribution in [0.4, 0.5) is 0 Å². The molecule has 1 N–H and O–H groups in total. The molecule has 1 aromatic rings. The highest BCUT2D eigenvalue weighted by molar-refractivity contribution is 9.10. The zero-order chi connectivity index (χ0) is 13.0. The van der Waals surface area contributed by atoms with Gasteiger partial charge in [-0.25, -0.2) is 0 Å². The van der Waals surface area contributed by atoms with Gasteiger partial charge in [0.15, 0.2) is 0 Å². The second-order valence-electron chi connectivity index (χ2n) is 4.46. The van der Waals surface area contributed by atoms with Gasteiger partial charge in [-0.05, 0) is 36.6 Å². The molecule has 1 saturated heterocycles. The van der Waals surface area contributed by atoms with E-state index in [4.69, 9.17) is 4.74 Å². The lowest BCUT2D eigenvalue weighted by Gasteiger charge is -2.23. The molecule has 3 nitrogen and oxygen atoms in total. The van der Waals surface area contributed by atoms with E-state index in [-0.39, 0.29) is 0 Å². The molecule has 0 atom stereocenters. The van der Waals surface area contributed by atoms with E-state index in [2.05, 4.69) is 21.2 Å². The van der Waals surface area contributed by atoms with E-state index in [0.717, 1.165) is 41.1 Å². The molecule has 0 aromatic heterocycles. The molecule has 18 heavy (non-hydrogen) atoms. The molecular formula is C13H18BrNO2S. The Hall–Kier alpha value is -0.390. The van der Waals surface area contributed by atoms with Crippen LogP contribution in [0.2, 0.25) is 0 Å². The van der Waals surface area contributed by atoms with E-state index in [9.17, 15) is 4.21 Å². The zero-order valence-electron chi connectivity index (χ0n) is 10.4. The van der Waals surface area contributed by atoms with Gasteiger partial charge in [0.1, 0.15) is 5.75 Å². The Morgan fingerprint density at radius 2 is 2.17 bits per heavy atom. The van der Waals surface area contributed by atoms with Gasteiger partial charge in [-0.2, -0.15) is 0 Å². The largest absolute Gasteiger partial charge is 0.497 e. The lowest BCUT2D eigenvalue weighted by Crippen LogP contribution is -2.35. The van der Waals surface area contributed by atoms with Crippen molar-refractivity contribution in [3.63, 3.8) is 0 Å². The predicted molar refractivity (Wildman–Crippen MR) is 78.4 cm³/mol. The van der Waals surface area contributed by atoms with Crippen molar-refractivity contribution in [3.8, 4) is 5.75 Å². The molecule has 100 valence electrons. The van der Waals surface area contributed by atoms with Gasteiger partial charge >= 0.3 is 0 Å². The minimum absolute atomic E-state index is 0.487. The van der Waals surface area contributed by atoms with E-state index in [1.807, 2.05) is 18.2 Å². The van der Waals surface area contributed by atoms with Crippen LogP contribution in [-0.4, -0.2) is 28.9 Å². The Morgan fingerprint density at radius 1 is 1.44 bits per heavy atom. The normalized spacial score (nSPS) is 23.9. The molecule has 0 saturated carbocycles. The van der Waals surface area contributed by atoms with Gasteiger partial charge < -0.3 is 10.1 Å². The first kappa shape index (κ1) is 14.0. The highest BCUT2D eigenvalue weighted by Gasteiger charge is 2.17. The van der Waals surface area contributed by atoms with E-state index in [1.54, 1.807) is 7.11 Å². The van der Waals surface area contributed by atoms with Gasteiger partial charge in [0, 0.05) is 39.4 Å². The van der Waals surface area contributed by atoms with Crippen molar-refractivity contribution in [2.24, 2.45) is 0 Å². The Kier molecular flexibility index (Phi) is 5.21. The zero-order valence-corrected chi connectivity index (χ0v) is 12.9. The second kappa shape index (κ2) is 6.68. The van der Waals surface area contributed by atoms with Crippen LogP contribution in [0.3, 0.4) is 0 Å². The van der Waals surface area contributed by atoms with Crippen LogP contribution in [-0.2, 0) is 17.3 Å². The smallest absolute Gasteiger partial charge is 0.119 e. The number of halogens is 1. The number of hydrogen-bond donors (Lipinski definition) is 1. The summed E-state index contributed by atoms with van der Waals surface area (Å²) < 4.78 is 17.6. The van der Waals surface area contributed by atoms with Crippen molar-refractivity contribution in [2.45, 2.75) is 25.4 Å². The molecule has 1 aromatic carbocycles. The number of methoxy groups -OCH3 is 1. The summed E-state index contributed by atoms with van der Waals surface area (Å²) >= 11 is 3.55. The Labute approximate surface area is 119 Å². The monoisotopic (exact) mass is 331 g/mol. The lowest BCUT2D eigenvalue weighted by molar-refractivity contribution is 0.413. The first-order chi connectivity index (χ1) is 8.69. The maximum Gasteiger partial charge on any atom is 0.119 e. The molecule has 0 spiro atoms. The highest BCUT2D eigenvalue weighted by Crippen LogP contribution is 2.22. The lowest BCUT2D eigenvalue weighted by atomic mass is 10.1. The van der Waals surface area contributed by atoms with Gasteiger partial charge in [-0.15, -0.1) is 0 Å². The van der Waals surface area contributed by atoms with Gasteiger partial charge in [0.25, 0.3) is 0 Å². The summed E-state index contributed by atoms with van der Waals surface area (Å²) in [5, 5.41) is 3.53. The maximum atomic E-state index is 11.3. The minimum atomic E-state index is -0.588. The summed E-state index contributed by atoms with van der Waals surface area (Å²) in [5.74, 6) is 2.54. The summed E-state index contributed by atoms with van der Waals surface area (Å²) in [5.41, 5.74) is 1.20. The van der Waals surface area contributed by atoms with Crippen molar-refractivity contribution in [1.29, 1.82) is 0 Å². The summed E-state index contributed by atoms with van der Waals surface area (Å²) in [7, 11) is 1.09. The van der Waals surface area contributed by atoms with Crippen molar-refractivity contribution < 1.29 is 8.95 Å². The van der Waals surface area contributed by atoms with Gasteiger partial charge in [-0.3, -0.25) is 4.21 Å². The standard InChI is InChI=1S/C13H18BrNO2S/c1-17-12-2-3-13(14)10(8-12)9-15-11-4-6-18(16)7-5-11/h2-3,8,11,15H,4-7,9H2,1H3. The molecule has 1 heterocycles. The Morgan fingerprint density at radius 3 is 2.83 bits per heavy atom. The molecule has 0 aliphatic carbocycles. The third kappa shape index (κ3) is 3.80. The molecule has 1 fully saturated rings. The molecule has 0 amide bonds. The van der Waals surface area contributed by atoms with Crippen molar-refractivity contribution in [1.82, 2.24) is 5.32 Å². The van der Waals surface area contributed by atoms with Crippen LogP contribution in [0.25, 0.3) is 0 Å². The molecule has 0 unspecified atom stereocenters. The van der Waals surface area contributed by atoms with E-state index < -0.39 is 10.8 Å². The van der Waals surface area contributed by atoms with Gasteiger partial charge in [0.05, 0.1) is 7.11 Å². The second-order valence-corrected chi connectivity index (χ2v) is 7.01. The van der Waals surface area contributed by atoms with E-state index in [0.29, 0.717) is 6.04 Å². The van der Waals surface area contributed by atoms with E-state index in [1.165, 1.54) is 5.56 Å². The first-order valence-corrected chi connectivity index (χ1v) is 8.38. The minimum Gasteiger partial charge on any atom is -0.497 e. The van der Waals surface area contributed by atoms with Crippen LogP contribution in [0.1, 0.15) is 18.4 Å². The number of nitrogens with one attached hydrogen (secondary N) is 1. The van der Waals surface area contributed by atoms with Crippen molar-refractivity contribution >= 4 is 26.7 Å². The number of hydrogen-bond acceptors (Lipinski definition) is 3. The fourth-order valence-corrected chi connectivity index (χ4v) is 3.75. The molecule has 2 rings (SSSR count). The molecule has 1 aliphatic rings. The summed E-state index contributed by atoms with van der Waals surface area (Å²) in [6.45, 7) is 0.815. The van der Waals surface area contributed by atoms with Crippen LogP contribution >= 0.6 is 15.9 Å². The molecule has 0 bridgehead atoms. The average Bonchev–Trinajstić information content (AvgIpc) is 2.40. The van der Waals surface area contributed by atoms with Crippen LogP contribution < -0.4 is 10.1 Å². The average molecular weight is 332 g/mol. The topological polar surface area (TPSA) is 38.3 Å². The Bertz CT molecular complexity index is 429. The van der Waals surface area contributed by atoms with Crippen LogP contribution in [0.15, 0.2) is 22.7 Å². The van der Waals surface area contributed by atoms with Crippen molar-refractivity contribution in [3.05, 3.63) is 28.2 Å². The molecular weight excluding hydrogens is 314 g/mol. The predicted octanol–water partition coefficient (Wildman–Crippen LogP) is 2.46. The third-order valence-electron chi connectivity index (χ3n) is 3.22. The first-order valence-electron chi connectivity index (χ1n) is 6.10. The SMILES string of the molecule is COc1ccc(Br)c(CNC2CCS(=O)CC2)c1. The fraction of sp³-hybridized carbons (Fsp3) is 0.538. The maximum absolute atomic E-state index is 11.3. The third-order valence-corrected chi connectivity index (χ3v) is 5.38. The number of benzene rings is 1. The summed E-state index contributed by atoms with van der Waals surface area (Å²) in [4.78, 5) is 0. The molecule has 5 heteroatoms. The van der Waals surface area contributed by atoms with Crippen LogP contribution in [0.5, 0.6) is 5.75 Å². The number of ether oxygens (including phenoxy) is 1. The molecule has 1 aliphatic heterocycles. The summed E-state index contributed by atoms with van der Waals surface area (Å²) in [6.07, 6.45) is 2.02. The number of rotatable bonds is 4. The van der Waals surface area contributed by atoms with Gasteiger partial charge in [0.2, 0.25) is 0 Å². The van der Waals surface area contributed by atoms with E-state index >= 15 is 0 Å². The fourth-order valence-electron chi connectivity index (χ4n) is 2.07. The Balaban J connectivity index is 1.91. The summed E-state index contributed by atoms with van der Waals surface area (Å²) in [6, 6.07) is 6.47. The van der Waals surface area contributed by atoms with Gasteiger partial charge in [-0.1, -0.05) is 15.9 Å². The quantitative estimate of drug-likeness (QED) is 0.921. The highest BCUT2D eigenvalue weighted by atomic mass is 79.9. The molecule has 0 radical (unpaired) electrons. The van der Waals surface area contributed by atoms with Crippen molar-refractivity contribution in [2.75, 3.05) is 18.6 Å².